The second kappa shape index (κ2) is 10.7. The Morgan fingerprint density at radius 1 is 1.10 bits per heavy atom. The number of benzene rings is 2. The van der Waals surface area contributed by atoms with E-state index < -0.39 is 0 Å². The summed E-state index contributed by atoms with van der Waals surface area (Å²) in [5.74, 6) is 0.833. The molecule has 0 spiro atoms. The van der Waals surface area contributed by atoms with Crippen molar-refractivity contribution in [2.24, 2.45) is 0 Å². The smallest absolute Gasteiger partial charge is 0.251 e. The number of aryl methyl sites for hydroxylation is 1. The number of likely N-dealkylation sites (N-methyl/N-ethyl adjacent to an activating group) is 1. The van der Waals surface area contributed by atoms with Crippen LogP contribution in [0.25, 0.3) is 0 Å². The van der Waals surface area contributed by atoms with E-state index in [1.807, 2.05) is 36.5 Å². The summed E-state index contributed by atoms with van der Waals surface area (Å²) in [5, 5.41) is 3.03. The van der Waals surface area contributed by atoms with E-state index in [2.05, 4.69) is 59.4 Å². The Morgan fingerprint density at radius 3 is 2.62 bits per heavy atom. The van der Waals surface area contributed by atoms with Gasteiger partial charge in [-0.05, 0) is 67.4 Å². The van der Waals surface area contributed by atoms with Crippen molar-refractivity contribution in [3.63, 3.8) is 0 Å². The van der Waals surface area contributed by atoms with Crippen molar-refractivity contribution in [2.75, 3.05) is 24.5 Å². The fraction of sp³-hybridized carbons (Fsp3) is 0.250. The van der Waals surface area contributed by atoms with Crippen LogP contribution in [0.3, 0.4) is 0 Å². The zero-order valence-corrected chi connectivity index (χ0v) is 17.8. The Morgan fingerprint density at radius 2 is 1.93 bits per heavy atom. The van der Waals surface area contributed by atoms with E-state index in [9.17, 15) is 4.79 Å². The summed E-state index contributed by atoms with van der Waals surface area (Å²) < 4.78 is 0. The fourth-order valence-electron chi connectivity index (χ4n) is 3.05. The van der Waals surface area contributed by atoms with Gasteiger partial charge in [-0.2, -0.15) is 0 Å². The second-order valence-electron chi connectivity index (χ2n) is 6.85. The molecule has 4 nitrogen and oxygen atoms in total. The average Bonchev–Trinajstić information content (AvgIpc) is 2.76. The van der Waals surface area contributed by atoms with Crippen molar-refractivity contribution >= 4 is 23.4 Å². The van der Waals surface area contributed by atoms with Gasteiger partial charge in [0.2, 0.25) is 0 Å². The number of carbonyl (C=O) groups is 1. The number of hydrogen-bond acceptors (Lipinski definition) is 4. The number of anilines is 1. The van der Waals surface area contributed by atoms with Gasteiger partial charge in [0.15, 0.2) is 0 Å². The molecule has 150 valence electrons. The summed E-state index contributed by atoms with van der Waals surface area (Å²) in [6.07, 6.45) is 3.66. The van der Waals surface area contributed by atoms with Gasteiger partial charge < -0.3 is 10.2 Å². The standard InChI is InChI=1S/C24H27N3OS/c1-3-27(22-8-4-6-19(2)16-22)15-14-26-24(28)21-9-11-23(12-10-21)29-18-20-7-5-13-25-17-20/h4-13,16-17H,3,14-15,18H2,1-2H3,(H,26,28). The molecule has 1 N–H and O–H groups in total. The molecule has 0 saturated heterocycles. The van der Waals surface area contributed by atoms with Crippen molar-refractivity contribution in [2.45, 2.75) is 24.5 Å². The van der Waals surface area contributed by atoms with Crippen molar-refractivity contribution in [3.8, 4) is 0 Å². The number of pyridine rings is 1. The molecule has 1 heterocycles. The molecule has 1 amide bonds. The summed E-state index contributed by atoms with van der Waals surface area (Å²) in [6.45, 7) is 6.52. The molecule has 0 saturated carbocycles. The third kappa shape index (κ3) is 6.36. The zero-order chi connectivity index (χ0) is 20.5. The number of rotatable bonds is 9. The molecule has 0 aliphatic rings. The lowest BCUT2D eigenvalue weighted by atomic mass is 10.2. The Labute approximate surface area is 177 Å². The molecular weight excluding hydrogens is 378 g/mol. The van der Waals surface area contributed by atoms with Gasteiger partial charge in [0, 0.05) is 53.9 Å². The first-order valence-corrected chi connectivity index (χ1v) is 10.9. The van der Waals surface area contributed by atoms with Crippen LogP contribution in [-0.4, -0.2) is 30.5 Å². The molecule has 0 atom stereocenters. The second-order valence-corrected chi connectivity index (χ2v) is 7.90. The fourth-order valence-corrected chi connectivity index (χ4v) is 3.89. The minimum atomic E-state index is -0.0332. The van der Waals surface area contributed by atoms with Gasteiger partial charge in [0.25, 0.3) is 5.91 Å². The Hall–Kier alpha value is -2.79. The summed E-state index contributed by atoms with van der Waals surface area (Å²) in [5.41, 5.74) is 4.31. The van der Waals surface area contributed by atoms with E-state index in [1.54, 1.807) is 18.0 Å². The Balaban J connectivity index is 1.47. The van der Waals surface area contributed by atoms with E-state index in [4.69, 9.17) is 0 Å². The number of carbonyl (C=O) groups excluding carboxylic acids is 1. The van der Waals surface area contributed by atoms with Crippen LogP contribution in [0.5, 0.6) is 0 Å². The molecule has 0 radical (unpaired) electrons. The predicted molar refractivity (Wildman–Crippen MR) is 122 cm³/mol. The van der Waals surface area contributed by atoms with Crippen molar-refractivity contribution in [1.82, 2.24) is 10.3 Å². The SMILES string of the molecule is CCN(CCNC(=O)c1ccc(SCc2cccnc2)cc1)c1cccc(C)c1. The molecule has 3 aromatic rings. The van der Waals surface area contributed by atoms with E-state index >= 15 is 0 Å². The molecule has 0 bridgehead atoms. The van der Waals surface area contributed by atoms with Crippen LogP contribution in [0.2, 0.25) is 0 Å². The molecule has 0 aliphatic heterocycles. The summed E-state index contributed by atoms with van der Waals surface area (Å²) >= 11 is 1.74. The maximum Gasteiger partial charge on any atom is 0.251 e. The lowest BCUT2D eigenvalue weighted by molar-refractivity contribution is 0.0954. The number of nitrogens with one attached hydrogen (secondary N) is 1. The van der Waals surface area contributed by atoms with Crippen LogP contribution in [0.1, 0.15) is 28.4 Å². The van der Waals surface area contributed by atoms with Crippen LogP contribution in [0.15, 0.2) is 78.0 Å². The quantitative estimate of drug-likeness (QED) is 0.512. The first-order valence-electron chi connectivity index (χ1n) is 9.87. The molecule has 3 rings (SSSR count). The van der Waals surface area contributed by atoms with Gasteiger partial charge in [-0.25, -0.2) is 0 Å². The summed E-state index contributed by atoms with van der Waals surface area (Å²) in [7, 11) is 0. The van der Waals surface area contributed by atoms with E-state index in [0.717, 1.165) is 23.7 Å². The normalized spacial score (nSPS) is 10.6. The molecular formula is C24H27N3OS. The molecule has 29 heavy (non-hydrogen) atoms. The molecule has 0 unspecified atom stereocenters. The van der Waals surface area contributed by atoms with Gasteiger partial charge in [0.05, 0.1) is 0 Å². The van der Waals surface area contributed by atoms with Crippen LogP contribution in [-0.2, 0) is 5.75 Å². The highest BCUT2D eigenvalue weighted by molar-refractivity contribution is 7.98. The highest BCUT2D eigenvalue weighted by atomic mass is 32.2. The minimum absolute atomic E-state index is 0.0332. The third-order valence-electron chi connectivity index (χ3n) is 4.66. The van der Waals surface area contributed by atoms with Gasteiger partial charge in [-0.3, -0.25) is 9.78 Å². The third-order valence-corrected chi connectivity index (χ3v) is 5.74. The lowest BCUT2D eigenvalue weighted by Gasteiger charge is -2.23. The maximum absolute atomic E-state index is 12.5. The number of nitrogens with zero attached hydrogens (tertiary/aromatic N) is 2. The molecule has 0 aliphatic carbocycles. The largest absolute Gasteiger partial charge is 0.370 e. The van der Waals surface area contributed by atoms with Crippen molar-refractivity contribution in [1.29, 1.82) is 0 Å². The summed E-state index contributed by atoms with van der Waals surface area (Å²) in [6, 6.07) is 20.2. The van der Waals surface area contributed by atoms with Crippen LogP contribution >= 0.6 is 11.8 Å². The van der Waals surface area contributed by atoms with Crippen LogP contribution < -0.4 is 10.2 Å². The summed E-state index contributed by atoms with van der Waals surface area (Å²) in [4.78, 5) is 20.0. The highest BCUT2D eigenvalue weighted by Crippen LogP contribution is 2.22. The minimum Gasteiger partial charge on any atom is -0.370 e. The topological polar surface area (TPSA) is 45.2 Å². The van der Waals surface area contributed by atoms with Gasteiger partial charge in [-0.1, -0.05) is 18.2 Å². The lowest BCUT2D eigenvalue weighted by Crippen LogP contribution is -2.35. The predicted octanol–water partition coefficient (Wildman–Crippen LogP) is 4.94. The molecule has 1 aromatic heterocycles. The van der Waals surface area contributed by atoms with Gasteiger partial charge >= 0.3 is 0 Å². The monoisotopic (exact) mass is 405 g/mol. The number of thioether (sulfide) groups is 1. The molecule has 5 heteroatoms. The number of amides is 1. The van der Waals surface area contributed by atoms with E-state index in [1.165, 1.54) is 16.8 Å². The number of aromatic nitrogens is 1. The van der Waals surface area contributed by atoms with Crippen LogP contribution in [0, 0.1) is 6.92 Å². The van der Waals surface area contributed by atoms with E-state index in [-0.39, 0.29) is 5.91 Å². The maximum atomic E-state index is 12.5. The van der Waals surface area contributed by atoms with Gasteiger partial charge in [-0.15, -0.1) is 11.8 Å². The first-order chi connectivity index (χ1) is 14.2. The van der Waals surface area contributed by atoms with Crippen molar-refractivity contribution < 1.29 is 4.79 Å². The highest BCUT2D eigenvalue weighted by Gasteiger charge is 2.08. The van der Waals surface area contributed by atoms with Gasteiger partial charge in [0.1, 0.15) is 0 Å². The molecule has 2 aromatic carbocycles. The number of hydrogen-bond donors (Lipinski definition) is 1. The van der Waals surface area contributed by atoms with Crippen molar-refractivity contribution in [3.05, 3.63) is 89.7 Å². The molecule has 0 fully saturated rings. The Bertz CT molecular complexity index is 913. The first kappa shape index (κ1) is 20.9. The average molecular weight is 406 g/mol. The Kier molecular flexibility index (Phi) is 7.70. The van der Waals surface area contributed by atoms with Crippen LogP contribution in [0.4, 0.5) is 5.69 Å². The van der Waals surface area contributed by atoms with E-state index in [0.29, 0.717) is 12.1 Å². The zero-order valence-electron chi connectivity index (χ0n) is 17.0.